The Morgan fingerprint density at radius 1 is 0.762 bits per heavy atom. The van der Waals surface area contributed by atoms with Crippen molar-refractivity contribution in [1.82, 2.24) is 0 Å². The topological polar surface area (TPSA) is 12.4 Å². The summed E-state index contributed by atoms with van der Waals surface area (Å²) in [4.78, 5) is 4.85. The Balaban J connectivity index is 0.00000132. The quantitative estimate of drug-likeness (QED) is 0.748. The van der Waals surface area contributed by atoms with E-state index in [9.17, 15) is 0 Å². The molecule has 0 spiro atoms. The largest absolute Gasteiger partial charge is 0.280 e. The molecule has 106 valence electrons. The van der Waals surface area contributed by atoms with Gasteiger partial charge in [-0.25, -0.2) is 0 Å². The Kier molecular flexibility index (Phi) is 3.74. The van der Waals surface area contributed by atoms with Crippen LogP contribution in [0.1, 0.15) is 31.4 Å². The third kappa shape index (κ3) is 2.56. The molecule has 1 aliphatic heterocycles. The monoisotopic (exact) mass is 275 g/mol. The lowest BCUT2D eigenvalue weighted by Gasteiger charge is -2.10. The van der Waals surface area contributed by atoms with E-state index in [1.807, 2.05) is 0 Å². The lowest BCUT2D eigenvalue weighted by molar-refractivity contribution is 0.962. The summed E-state index contributed by atoms with van der Waals surface area (Å²) in [5.41, 5.74) is 6.67. The average molecular weight is 275 g/mol. The molecule has 0 bridgehead atoms. The first-order chi connectivity index (χ1) is 9.93. The smallest absolute Gasteiger partial charge is 0.0729 e. The minimum Gasteiger partial charge on any atom is -0.280 e. The fourth-order valence-corrected chi connectivity index (χ4v) is 3.00. The van der Waals surface area contributed by atoms with Gasteiger partial charge in [-0.2, -0.15) is 0 Å². The van der Waals surface area contributed by atoms with Gasteiger partial charge in [0, 0.05) is 11.1 Å². The van der Waals surface area contributed by atoms with Crippen molar-refractivity contribution in [2.75, 3.05) is 6.54 Å². The maximum atomic E-state index is 4.85. The van der Waals surface area contributed by atoms with Crippen molar-refractivity contribution >= 4 is 11.3 Å². The maximum Gasteiger partial charge on any atom is 0.0729 e. The molecule has 1 fully saturated rings. The summed E-state index contributed by atoms with van der Waals surface area (Å²) in [7, 11) is 0. The molecule has 0 radical (unpaired) electrons. The lowest BCUT2D eigenvalue weighted by atomic mass is 9.92. The van der Waals surface area contributed by atoms with Crippen LogP contribution in [0.2, 0.25) is 0 Å². The second kappa shape index (κ2) is 5.69. The normalized spacial score (nSPS) is 17.4. The molecular weight excluding hydrogens is 254 g/mol. The van der Waals surface area contributed by atoms with E-state index in [-0.39, 0.29) is 7.43 Å². The van der Waals surface area contributed by atoms with E-state index >= 15 is 0 Å². The molecule has 0 unspecified atom stereocenters. The minimum atomic E-state index is 0. The zero-order valence-corrected chi connectivity index (χ0v) is 11.4. The molecule has 1 nitrogen and oxygen atoms in total. The van der Waals surface area contributed by atoms with Crippen LogP contribution in [0.4, 0.5) is 0 Å². The van der Waals surface area contributed by atoms with E-state index in [0.29, 0.717) is 0 Å². The highest BCUT2D eigenvalue weighted by Gasteiger charge is 2.33. The molecule has 0 atom stereocenters. The molecule has 1 aliphatic carbocycles. The summed E-state index contributed by atoms with van der Waals surface area (Å²) in [5.74, 6) is 0.773. The standard InChI is InChI=1S/C19H17N.CH4/c1-3-7-15(8-4-1)18-17(14-11-12-14)13-20-19(18)16-9-5-2-6-10-16;/h1-10,14H,11-13H2;1H4. The van der Waals surface area contributed by atoms with Gasteiger partial charge in [-0.05, 0) is 29.9 Å². The highest BCUT2D eigenvalue weighted by atomic mass is 14.8. The van der Waals surface area contributed by atoms with Gasteiger partial charge in [0.2, 0.25) is 0 Å². The van der Waals surface area contributed by atoms with Gasteiger partial charge in [0.05, 0.1) is 12.3 Å². The van der Waals surface area contributed by atoms with Gasteiger partial charge < -0.3 is 0 Å². The van der Waals surface area contributed by atoms with E-state index in [1.54, 1.807) is 5.57 Å². The minimum absolute atomic E-state index is 0. The predicted molar refractivity (Wildman–Crippen MR) is 90.7 cm³/mol. The zero-order chi connectivity index (χ0) is 13.4. The Labute approximate surface area is 127 Å². The van der Waals surface area contributed by atoms with Crippen LogP contribution in [0.5, 0.6) is 0 Å². The number of allylic oxidation sites excluding steroid dienone is 1. The van der Waals surface area contributed by atoms with E-state index in [0.717, 1.165) is 12.5 Å². The van der Waals surface area contributed by atoms with Gasteiger partial charge in [-0.15, -0.1) is 0 Å². The maximum absolute atomic E-state index is 4.85. The molecule has 2 aromatic rings. The SMILES string of the molecule is C.c1ccc(C2=NCC(C3CC3)=C2c2ccccc2)cc1. The first-order valence-corrected chi connectivity index (χ1v) is 7.32. The molecule has 4 rings (SSSR count). The van der Waals surface area contributed by atoms with Crippen LogP contribution in [0.25, 0.3) is 5.57 Å². The summed E-state index contributed by atoms with van der Waals surface area (Å²) in [6.07, 6.45) is 2.67. The number of rotatable bonds is 3. The first kappa shape index (κ1) is 13.8. The lowest BCUT2D eigenvalue weighted by Crippen LogP contribution is -2.03. The summed E-state index contributed by atoms with van der Waals surface area (Å²) < 4.78 is 0. The molecule has 1 heterocycles. The number of hydrogen-bond donors (Lipinski definition) is 0. The van der Waals surface area contributed by atoms with Gasteiger partial charge >= 0.3 is 0 Å². The third-order valence-corrected chi connectivity index (χ3v) is 4.15. The van der Waals surface area contributed by atoms with E-state index < -0.39 is 0 Å². The fourth-order valence-electron chi connectivity index (χ4n) is 3.00. The summed E-state index contributed by atoms with van der Waals surface area (Å²) in [5, 5.41) is 0. The molecule has 21 heavy (non-hydrogen) atoms. The summed E-state index contributed by atoms with van der Waals surface area (Å²) in [6, 6.07) is 21.3. The van der Waals surface area contributed by atoms with Crippen LogP contribution < -0.4 is 0 Å². The van der Waals surface area contributed by atoms with Gasteiger partial charge in [0.15, 0.2) is 0 Å². The van der Waals surface area contributed by atoms with Crippen molar-refractivity contribution in [2.24, 2.45) is 10.9 Å². The molecule has 0 aromatic heterocycles. The van der Waals surface area contributed by atoms with Crippen LogP contribution in [0, 0.1) is 5.92 Å². The van der Waals surface area contributed by atoms with Crippen molar-refractivity contribution in [3.63, 3.8) is 0 Å². The van der Waals surface area contributed by atoms with Crippen LogP contribution in [-0.4, -0.2) is 12.3 Å². The van der Waals surface area contributed by atoms with Crippen molar-refractivity contribution in [1.29, 1.82) is 0 Å². The fraction of sp³-hybridized carbons (Fsp3) is 0.250. The number of aliphatic imine (C=N–C) groups is 1. The molecule has 0 amide bonds. The average Bonchev–Trinajstić information content (AvgIpc) is 3.27. The molecule has 1 heteroatoms. The van der Waals surface area contributed by atoms with Crippen molar-refractivity contribution in [3.05, 3.63) is 77.4 Å². The van der Waals surface area contributed by atoms with Crippen molar-refractivity contribution in [2.45, 2.75) is 20.3 Å². The molecule has 2 aromatic carbocycles. The Bertz CT molecular complexity index is 676. The molecule has 2 aliphatic rings. The second-order valence-corrected chi connectivity index (χ2v) is 5.57. The third-order valence-electron chi connectivity index (χ3n) is 4.15. The van der Waals surface area contributed by atoms with Crippen LogP contribution >= 0.6 is 0 Å². The van der Waals surface area contributed by atoms with Gasteiger partial charge in [0.25, 0.3) is 0 Å². The van der Waals surface area contributed by atoms with E-state index in [4.69, 9.17) is 4.99 Å². The molecule has 0 saturated heterocycles. The van der Waals surface area contributed by atoms with Crippen molar-refractivity contribution < 1.29 is 0 Å². The van der Waals surface area contributed by atoms with Gasteiger partial charge in [0.1, 0.15) is 0 Å². The number of benzene rings is 2. The Morgan fingerprint density at radius 2 is 1.33 bits per heavy atom. The summed E-state index contributed by atoms with van der Waals surface area (Å²) >= 11 is 0. The van der Waals surface area contributed by atoms with Crippen LogP contribution in [-0.2, 0) is 0 Å². The van der Waals surface area contributed by atoms with E-state index in [2.05, 4.69) is 60.7 Å². The van der Waals surface area contributed by atoms with Gasteiger partial charge in [-0.1, -0.05) is 68.1 Å². The highest BCUT2D eigenvalue weighted by molar-refractivity contribution is 6.34. The number of hydrogen-bond acceptors (Lipinski definition) is 1. The van der Waals surface area contributed by atoms with E-state index in [1.165, 1.54) is 35.3 Å². The first-order valence-electron chi connectivity index (χ1n) is 7.32. The second-order valence-electron chi connectivity index (χ2n) is 5.57. The number of nitrogens with zero attached hydrogens (tertiary/aromatic N) is 1. The summed E-state index contributed by atoms with van der Waals surface area (Å²) in [6.45, 7) is 0.888. The van der Waals surface area contributed by atoms with Crippen molar-refractivity contribution in [3.8, 4) is 0 Å². The Morgan fingerprint density at radius 3 is 1.90 bits per heavy atom. The van der Waals surface area contributed by atoms with Crippen LogP contribution in [0.15, 0.2) is 71.2 Å². The molecule has 0 N–H and O–H groups in total. The predicted octanol–water partition coefficient (Wildman–Crippen LogP) is 4.99. The highest BCUT2D eigenvalue weighted by Crippen LogP contribution is 2.43. The molecular formula is C20H21N. The zero-order valence-electron chi connectivity index (χ0n) is 11.4. The molecule has 1 saturated carbocycles. The van der Waals surface area contributed by atoms with Gasteiger partial charge in [-0.3, -0.25) is 4.99 Å². The van der Waals surface area contributed by atoms with Crippen LogP contribution in [0.3, 0.4) is 0 Å². The Hall–Kier alpha value is -2.15.